The highest BCUT2D eigenvalue weighted by Crippen LogP contribution is 2.55. The molecule has 0 aromatic heterocycles. The van der Waals surface area contributed by atoms with Crippen molar-refractivity contribution >= 4 is 66.6 Å². The smallest absolute Gasteiger partial charge is 0.0207 e. The molecule has 0 saturated heterocycles. The Morgan fingerprint density at radius 3 is 1.10 bits per heavy atom. The second kappa shape index (κ2) is 13.3. The Labute approximate surface area is 357 Å². The molecule has 2 heteroatoms. The first-order valence-electron chi connectivity index (χ1n) is 20.6. The summed E-state index contributed by atoms with van der Waals surface area (Å²) in [5.41, 5.74) is 15.2. The lowest BCUT2D eigenvalue weighted by molar-refractivity contribution is 1.40. The Bertz CT molecular complexity index is 3350. The van der Waals surface area contributed by atoms with Gasteiger partial charge in [0.2, 0.25) is 0 Å². The maximum atomic E-state index is 2.46. The van der Waals surface area contributed by atoms with Crippen LogP contribution in [0, 0.1) is 0 Å². The Hall–Kier alpha value is -6.84. The molecule has 0 fully saturated rings. The highest BCUT2D eigenvalue weighted by molar-refractivity contribution is 8.00. The van der Waals surface area contributed by atoms with E-state index in [2.05, 4.69) is 206 Å². The molecule has 0 bridgehead atoms. The summed E-state index contributed by atoms with van der Waals surface area (Å²) in [6, 6.07) is 77.2. The molecule has 60 heavy (non-hydrogen) atoms. The molecule has 0 spiro atoms. The van der Waals surface area contributed by atoms with Crippen molar-refractivity contribution in [2.24, 2.45) is 0 Å². The lowest BCUT2D eigenvalue weighted by atomic mass is 9.81. The van der Waals surface area contributed by atoms with E-state index in [4.69, 9.17) is 0 Å². The van der Waals surface area contributed by atoms with Crippen LogP contribution in [0.5, 0.6) is 0 Å². The minimum atomic E-state index is 1.22. The van der Waals surface area contributed by atoms with Gasteiger partial charge in [-0.2, -0.15) is 0 Å². The van der Waals surface area contributed by atoms with E-state index < -0.39 is 0 Å². The third-order valence-electron chi connectivity index (χ3n) is 12.7. The molecule has 13 rings (SSSR count). The third-order valence-corrected chi connectivity index (χ3v) is 14.9. The summed E-state index contributed by atoms with van der Waals surface area (Å²) in [7, 11) is 0. The number of hydrogen-bond donors (Lipinski definition) is 0. The maximum absolute atomic E-state index is 2.46. The van der Waals surface area contributed by atoms with Gasteiger partial charge in [-0.3, -0.25) is 0 Å². The average molecular weight is 795 g/mol. The quantitative estimate of drug-likeness (QED) is 0.163. The Balaban J connectivity index is 1.19. The minimum absolute atomic E-state index is 1.22. The van der Waals surface area contributed by atoms with E-state index >= 15 is 0 Å². The van der Waals surface area contributed by atoms with Crippen molar-refractivity contribution in [2.75, 3.05) is 0 Å². The van der Waals surface area contributed by atoms with Crippen LogP contribution in [-0.4, -0.2) is 0 Å². The van der Waals surface area contributed by atoms with Crippen molar-refractivity contribution in [1.82, 2.24) is 0 Å². The number of hydrogen-bond acceptors (Lipinski definition) is 2. The molecule has 2 aliphatic rings. The van der Waals surface area contributed by atoms with Gasteiger partial charge in [-0.15, -0.1) is 0 Å². The van der Waals surface area contributed by atoms with Gasteiger partial charge in [-0.1, -0.05) is 193 Å². The average Bonchev–Trinajstić information content (AvgIpc) is 3.32. The SMILES string of the molecule is c1ccc(-c2ccc3c(-c4ccc5c6c(cccc46)-c4ccccc4S5)c4cc(-c5ccccc5)ccc4c(-c4ccc5c6c(cccc46)-c4ccccc4S5)c3c2)cc1. The lowest BCUT2D eigenvalue weighted by Crippen LogP contribution is -1.97. The van der Waals surface area contributed by atoms with Gasteiger partial charge in [0.25, 0.3) is 0 Å². The van der Waals surface area contributed by atoms with Crippen molar-refractivity contribution < 1.29 is 0 Å². The highest BCUT2D eigenvalue weighted by atomic mass is 32.2. The van der Waals surface area contributed by atoms with Crippen LogP contribution in [0.1, 0.15) is 0 Å². The Kier molecular flexibility index (Phi) is 7.57. The first-order chi connectivity index (χ1) is 29.8. The van der Waals surface area contributed by atoms with Crippen molar-refractivity contribution in [2.45, 2.75) is 19.6 Å². The topological polar surface area (TPSA) is 0 Å². The third kappa shape index (κ3) is 5.08. The molecule has 0 N–H and O–H groups in total. The fourth-order valence-corrected chi connectivity index (χ4v) is 12.3. The number of benzene rings is 11. The largest absolute Gasteiger partial charge is 0.0888 e. The predicted molar refractivity (Wildman–Crippen MR) is 257 cm³/mol. The van der Waals surface area contributed by atoms with Gasteiger partial charge in [0, 0.05) is 30.4 Å². The Morgan fingerprint density at radius 1 is 0.217 bits per heavy atom. The molecular formula is C58H34S2. The van der Waals surface area contributed by atoms with E-state index in [1.807, 2.05) is 23.5 Å². The lowest BCUT2D eigenvalue weighted by Gasteiger charge is -2.25. The van der Waals surface area contributed by atoms with Gasteiger partial charge in [0.1, 0.15) is 0 Å². The van der Waals surface area contributed by atoms with Crippen LogP contribution in [0.3, 0.4) is 0 Å². The van der Waals surface area contributed by atoms with E-state index in [1.54, 1.807) is 0 Å². The van der Waals surface area contributed by atoms with E-state index in [0.29, 0.717) is 0 Å². The summed E-state index contributed by atoms with van der Waals surface area (Å²) in [6.07, 6.45) is 0. The van der Waals surface area contributed by atoms with E-state index in [1.165, 1.54) is 129 Å². The second-order valence-corrected chi connectivity index (χ2v) is 18.0. The fourth-order valence-electron chi connectivity index (χ4n) is 10.0. The summed E-state index contributed by atoms with van der Waals surface area (Å²) >= 11 is 3.78. The molecule has 0 radical (unpaired) electrons. The van der Waals surface area contributed by atoms with Crippen molar-refractivity contribution in [3.8, 4) is 66.8 Å². The zero-order chi connectivity index (χ0) is 39.3. The molecule has 0 amide bonds. The molecule has 0 atom stereocenters. The molecule has 0 nitrogen and oxygen atoms in total. The summed E-state index contributed by atoms with van der Waals surface area (Å²) in [5, 5.41) is 10.3. The van der Waals surface area contributed by atoms with Gasteiger partial charge >= 0.3 is 0 Å². The second-order valence-electron chi connectivity index (χ2n) is 15.9. The van der Waals surface area contributed by atoms with Gasteiger partial charge < -0.3 is 0 Å². The molecule has 2 aliphatic heterocycles. The Morgan fingerprint density at radius 2 is 0.633 bits per heavy atom. The van der Waals surface area contributed by atoms with Crippen molar-refractivity contribution in [3.63, 3.8) is 0 Å². The highest BCUT2D eigenvalue weighted by Gasteiger charge is 2.26. The van der Waals surface area contributed by atoms with Gasteiger partial charge in [0.15, 0.2) is 0 Å². The molecular weight excluding hydrogens is 761 g/mol. The van der Waals surface area contributed by atoms with Crippen molar-refractivity contribution in [1.29, 1.82) is 0 Å². The van der Waals surface area contributed by atoms with Crippen molar-refractivity contribution in [3.05, 3.63) is 206 Å². The molecule has 0 unspecified atom stereocenters. The number of fused-ring (bicyclic) bond motifs is 6. The molecule has 278 valence electrons. The van der Waals surface area contributed by atoms with Crippen LogP contribution in [-0.2, 0) is 0 Å². The van der Waals surface area contributed by atoms with Crippen LogP contribution in [0.2, 0.25) is 0 Å². The van der Waals surface area contributed by atoms with Gasteiger partial charge in [-0.25, -0.2) is 0 Å². The zero-order valence-electron chi connectivity index (χ0n) is 32.4. The summed E-state index contributed by atoms with van der Waals surface area (Å²) < 4.78 is 0. The van der Waals surface area contributed by atoms with E-state index in [0.717, 1.165) is 0 Å². The standard InChI is InChI=1S/C58H34S2/c1-3-13-35(14-4-1)37-25-27-47-49(33-37)55(45-29-31-53-57-41(19-11-21-43(45)57)39-17-7-9-23-51(39)59-53)48-28-26-38(36-15-5-2-6-16-36)34-50(48)56(47)46-30-32-54-58-42(20-12-22-44(46)58)40-18-8-10-24-52(40)60-54/h1-34H. The van der Waals surface area contributed by atoms with Crippen LogP contribution in [0.4, 0.5) is 0 Å². The number of rotatable bonds is 4. The first kappa shape index (κ1) is 34.1. The van der Waals surface area contributed by atoms with Crippen LogP contribution in [0.15, 0.2) is 226 Å². The van der Waals surface area contributed by atoms with Crippen LogP contribution in [0.25, 0.3) is 110 Å². The monoisotopic (exact) mass is 794 g/mol. The maximum Gasteiger partial charge on any atom is 0.0207 e. The van der Waals surface area contributed by atoms with E-state index in [-0.39, 0.29) is 0 Å². The first-order valence-corrected chi connectivity index (χ1v) is 22.2. The van der Waals surface area contributed by atoms with Gasteiger partial charge in [-0.05, 0) is 135 Å². The normalized spacial score (nSPS) is 12.5. The molecule has 0 saturated carbocycles. The predicted octanol–water partition coefficient (Wildman–Crippen LogP) is 17.2. The fraction of sp³-hybridized carbons (Fsp3) is 0. The van der Waals surface area contributed by atoms with Crippen LogP contribution < -0.4 is 0 Å². The van der Waals surface area contributed by atoms with Gasteiger partial charge in [0.05, 0.1) is 0 Å². The van der Waals surface area contributed by atoms with Crippen LogP contribution >= 0.6 is 23.5 Å². The van der Waals surface area contributed by atoms with E-state index in [9.17, 15) is 0 Å². The molecule has 0 aliphatic carbocycles. The molecule has 11 aromatic carbocycles. The molecule has 2 heterocycles. The summed E-state index contributed by atoms with van der Waals surface area (Å²) in [4.78, 5) is 5.25. The molecule has 11 aromatic rings. The summed E-state index contributed by atoms with van der Waals surface area (Å²) in [6.45, 7) is 0. The zero-order valence-corrected chi connectivity index (χ0v) is 34.1. The minimum Gasteiger partial charge on any atom is -0.0888 e. The summed E-state index contributed by atoms with van der Waals surface area (Å²) in [5.74, 6) is 0.